The number of ether oxygens (including phenoxy) is 1. The van der Waals surface area contributed by atoms with E-state index in [1.165, 1.54) is 18.4 Å². The first kappa shape index (κ1) is 16.2. The largest absolute Gasteiger partial charge is 0.464 e. The molecule has 1 aromatic carbocycles. The molecule has 3 rings (SSSR count). The monoisotopic (exact) mass is 326 g/mol. The van der Waals surface area contributed by atoms with E-state index in [1.54, 1.807) is 6.07 Å². The fourth-order valence-electron chi connectivity index (χ4n) is 3.09. The maximum absolute atomic E-state index is 11.5. The molecule has 1 saturated heterocycles. The minimum absolute atomic E-state index is 0.228. The Balaban J connectivity index is 1.85. The Bertz CT molecular complexity index is 715. The summed E-state index contributed by atoms with van der Waals surface area (Å²) in [7, 11) is 5.43. The lowest BCUT2D eigenvalue weighted by Crippen LogP contribution is -2.24. The van der Waals surface area contributed by atoms with Crippen LogP contribution in [-0.2, 0) is 4.74 Å². The zero-order chi connectivity index (χ0) is 17.1. The number of carbonyl (C=O) groups is 1. The fraction of sp³-hybridized carbons (Fsp3) is 0.389. The summed E-state index contributed by atoms with van der Waals surface area (Å²) in [5, 5.41) is 8.22. The van der Waals surface area contributed by atoms with Gasteiger partial charge < -0.3 is 14.5 Å². The van der Waals surface area contributed by atoms with Crippen molar-refractivity contribution >= 4 is 17.5 Å². The normalized spacial score (nSPS) is 17.0. The lowest BCUT2D eigenvalue weighted by Gasteiger charge is -2.26. The van der Waals surface area contributed by atoms with E-state index < -0.39 is 5.97 Å². The van der Waals surface area contributed by atoms with Crippen molar-refractivity contribution in [2.45, 2.75) is 18.9 Å². The maximum atomic E-state index is 11.5. The van der Waals surface area contributed by atoms with Crippen molar-refractivity contribution in [1.29, 1.82) is 0 Å². The molecule has 0 saturated carbocycles. The SMILES string of the molecule is COC(=O)c1ccc(N2CCC[C@@H]2c2cccc(N(C)C)c2)nn1. The average Bonchev–Trinajstić information content (AvgIpc) is 3.11. The van der Waals surface area contributed by atoms with Crippen LogP contribution in [0, 0.1) is 0 Å². The molecular formula is C18H22N4O2. The smallest absolute Gasteiger partial charge is 0.358 e. The van der Waals surface area contributed by atoms with E-state index in [9.17, 15) is 4.79 Å². The van der Waals surface area contributed by atoms with Crippen LogP contribution in [-0.4, -0.2) is 43.9 Å². The zero-order valence-electron chi connectivity index (χ0n) is 14.3. The van der Waals surface area contributed by atoms with Gasteiger partial charge in [-0.3, -0.25) is 0 Å². The molecule has 0 unspecified atom stereocenters. The van der Waals surface area contributed by atoms with Gasteiger partial charge in [0.25, 0.3) is 0 Å². The Morgan fingerprint density at radius 1 is 1.25 bits per heavy atom. The van der Waals surface area contributed by atoms with Crippen LogP contribution in [0.15, 0.2) is 36.4 Å². The molecular weight excluding hydrogens is 304 g/mol. The molecule has 126 valence electrons. The number of methoxy groups -OCH3 is 1. The van der Waals surface area contributed by atoms with Crippen molar-refractivity contribution in [3.05, 3.63) is 47.7 Å². The molecule has 0 bridgehead atoms. The third-order valence-electron chi connectivity index (χ3n) is 4.36. The molecule has 6 nitrogen and oxygen atoms in total. The number of hydrogen-bond acceptors (Lipinski definition) is 6. The third kappa shape index (κ3) is 3.18. The van der Waals surface area contributed by atoms with Crippen molar-refractivity contribution in [3.63, 3.8) is 0 Å². The Labute approximate surface area is 142 Å². The van der Waals surface area contributed by atoms with Gasteiger partial charge in [0.2, 0.25) is 0 Å². The Morgan fingerprint density at radius 2 is 2.08 bits per heavy atom. The van der Waals surface area contributed by atoms with Crippen LogP contribution in [0.1, 0.15) is 34.9 Å². The van der Waals surface area contributed by atoms with Gasteiger partial charge in [-0.15, -0.1) is 10.2 Å². The number of rotatable bonds is 4. The van der Waals surface area contributed by atoms with Crippen molar-refractivity contribution in [3.8, 4) is 0 Å². The van der Waals surface area contributed by atoms with Crippen LogP contribution < -0.4 is 9.80 Å². The minimum Gasteiger partial charge on any atom is -0.464 e. The van der Waals surface area contributed by atoms with Crippen molar-refractivity contribution in [2.75, 3.05) is 37.5 Å². The van der Waals surface area contributed by atoms with Gasteiger partial charge in [-0.25, -0.2) is 4.79 Å². The molecule has 1 aromatic heterocycles. The number of hydrogen-bond donors (Lipinski definition) is 0. The Morgan fingerprint density at radius 3 is 2.75 bits per heavy atom. The van der Waals surface area contributed by atoms with E-state index in [0.29, 0.717) is 0 Å². The van der Waals surface area contributed by atoms with E-state index >= 15 is 0 Å². The second-order valence-electron chi connectivity index (χ2n) is 6.11. The Hall–Kier alpha value is -2.63. The highest BCUT2D eigenvalue weighted by atomic mass is 16.5. The van der Waals surface area contributed by atoms with Crippen molar-refractivity contribution < 1.29 is 9.53 Å². The van der Waals surface area contributed by atoms with Gasteiger partial charge in [0, 0.05) is 26.3 Å². The molecule has 0 radical (unpaired) electrons. The summed E-state index contributed by atoms with van der Waals surface area (Å²) in [6.45, 7) is 0.934. The van der Waals surface area contributed by atoms with Crippen LogP contribution in [0.25, 0.3) is 0 Å². The Kier molecular flexibility index (Phi) is 4.64. The predicted molar refractivity (Wildman–Crippen MR) is 93.5 cm³/mol. The maximum Gasteiger partial charge on any atom is 0.358 e. The molecule has 1 atom stereocenters. The highest BCUT2D eigenvalue weighted by Crippen LogP contribution is 2.36. The molecule has 24 heavy (non-hydrogen) atoms. The summed E-state index contributed by atoms with van der Waals surface area (Å²) >= 11 is 0. The van der Waals surface area contributed by atoms with Crippen LogP contribution in [0.4, 0.5) is 11.5 Å². The van der Waals surface area contributed by atoms with E-state index in [-0.39, 0.29) is 11.7 Å². The van der Waals surface area contributed by atoms with Crippen LogP contribution in [0.3, 0.4) is 0 Å². The molecule has 0 spiro atoms. The van der Waals surface area contributed by atoms with E-state index in [2.05, 4.69) is 49.0 Å². The summed E-state index contributed by atoms with van der Waals surface area (Å²) in [4.78, 5) is 15.8. The summed E-state index contributed by atoms with van der Waals surface area (Å²) in [5.41, 5.74) is 2.69. The molecule has 0 amide bonds. The van der Waals surface area contributed by atoms with Gasteiger partial charge in [-0.2, -0.15) is 0 Å². The second kappa shape index (κ2) is 6.86. The summed E-state index contributed by atoms with van der Waals surface area (Å²) in [6, 6.07) is 12.4. The molecule has 2 aromatic rings. The third-order valence-corrected chi connectivity index (χ3v) is 4.36. The topological polar surface area (TPSA) is 58.6 Å². The van der Waals surface area contributed by atoms with Gasteiger partial charge in [0.15, 0.2) is 11.5 Å². The first-order valence-electron chi connectivity index (χ1n) is 8.06. The summed E-state index contributed by atoms with van der Waals surface area (Å²) < 4.78 is 4.67. The van der Waals surface area contributed by atoms with Crippen molar-refractivity contribution in [1.82, 2.24) is 10.2 Å². The lowest BCUT2D eigenvalue weighted by molar-refractivity contribution is 0.0592. The second-order valence-corrected chi connectivity index (χ2v) is 6.11. The van der Waals surface area contributed by atoms with E-state index in [1.807, 2.05) is 20.2 Å². The number of esters is 1. The number of aromatic nitrogens is 2. The van der Waals surface area contributed by atoms with Crippen LogP contribution >= 0.6 is 0 Å². The predicted octanol–water partition coefficient (Wildman–Crippen LogP) is 2.67. The minimum atomic E-state index is -0.467. The first-order valence-corrected chi connectivity index (χ1v) is 8.06. The highest BCUT2D eigenvalue weighted by Gasteiger charge is 2.27. The fourth-order valence-corrected chi connectivity index (χ4v) is 3.09. The van der Waals surface area contributed by atoms with Crippen LogP contribution in [0.5, 0.6) is 0 Å². The molecule has 6 heteroatoms. The van der Waals surface area contributed by atoms with Gasteiger partial charge in [-0.1, -0.05) is 12.1 Å². The summed E-state index contributed by atoms with van der Waals surface area (Å²) in [6.07, 6.45) is 2.19. The molecule has 0 N–H and O–H groups in total. The summed E-state index contributed by atoms with van der Waals surface area (Å²) in [5.74, 6) is 0.325. The number of nitrogens with zero attached hydrogens (tertiary/aromatic N) is 4. The van der Waals surface area contributed by atoms with Crippen molar-refractivity contribution in [2.24, 2.45) is 0 Å². The lowest BCUT2D eigenvalue weighted by atomic mass is 10.0. The van der Waals surface area contributed by atoms with E-state index in [4.69, 9.17) is 0 Å². The molecule has 1 aliphatic heterocycles. The number of anilines is 2. The number of carbonyl (C=O) groups excluding carboxylic acids is 1. The first-order chi connectivity index (χ1) is 11.6. The quantitative estimate of drug-likeness (QED) is 0.805. The average molecular weight is 326 g/mol. The van der Waals surface area contributed by atoms with Gasteiger partial charge in [0.1, 0.15) is 0 Å². The molecule has 0 aliphatic carbocycles. The van der Waals surface area contributed by atoms with Gasteiger partial charge in [-0.05, 0) is 42.7 Å². The molecule has 1 fully saturated rings. The van der Waals surface area contributed by atoms with E-state index in [0.717, 1.165) is 25.2 Å². The molecule has 2 heterocycles. The highest BCUT2D eigenvalue weighted by molar-refractivity contribution is 5.87. The standard InChI is InChI=1S/C18H22N4O2/c1-21(2)14-7-4-6-13(12-14)16-8-5-11-22(16)17-10-9-15(19-20-17)18(23)24-3/h4,6-7,9-10,12,16H,5,8,11H2,1-3H3/t16-/m1/s1. The molecule has 1 aliphatic rings. The number of benzene rings is 1. The van der Waals surface area contributed by atoms with Gasteiger partial charge in [0.05, 0.1) is 13.2 Å². The zero-order valence-corrected chi connectivity index (χ0v) is 14.3. The van der Waals surface area contributed by atoms with Crippen LogP contribution in [0.2, 0.25) is 0 Å². The van der Waals surface area contributed by atoms with Gasteiger partial charge >= 0.3 is 5.97 Å².